The van der Waals surface area contributed by atoms with Gasteiger partial charge in [-0.25, -0.2) is 0 Å². The minimum Gasteiger partial charge on any atom is -0.375 e. The maximum Gasteiger partial charge on any atom is 0.0692 e. The summed E-state index contributed by atoms with van der Waals surface area (Å²) < 4.78 is 6.03. The van der Waals surface area contributed by atoms with Gasteiger partial charge in [-0.15, -0.1) is 0 Å². The quantitative estimate of drug-likeness (QED) is 0.846. The molecule has 3 heteroatoms. The van der Waals surface area contributed by atoms with Crippen molar-refractivity contribution in [3.8, 4) is 6.07 Å². The Morgan fingerprint density at radius 3 is 2.63 bits per heavy atom. The van der Waals surface area contributed by atoms with Crippen molar-refractivity contribution in [2.75, 3.05) is 6.61 Å². The third-order valence-corrected chi connectivity index (χ3v) is 5.16. The smallest absolute Gasteiger partial charge is 0.0692 e. The van der Waals surface area contributed by atoms with Crippen LogP contribution in [0.1, 0.15) is 65.2 Å². The highest BCUT2D eigenvalue weighted by molar-refractivity contribution is 4.97. The highest BCUT2D eigenvalue weighted by atomic mass is 16.5. The Labute approximate surface area is 117 Å². The van der Waals surface area contributed by atoms with Crippen LogP contribution in [0.3, 0.4) is 0 Å². The average Bonchev–Trinajstić information content (AvgIpc) is 2.48. The summed E-state index contributed by atoms with van der Waals surface area (Å²) in [6.45, 7) is 5.32. The van der Waals surface area contributed by atoms with Gasteiger partial charge in [0, 0.05) is 18.7 Å². The molecule has 2 rings (SSSR count). The number of hydrogen-bond acceptors (Lipinski definition) is 3. The molecule has 0 amide bonds. The Hall–Kier alpha value is -0.590. The lowest BCUT2D eigenvalue weighted by atomic mass is 9.82. The molecule has 0 aromatic carbocycles. The molecule has 3 unspecified atom stereocenters. The largest absolute Gasteiger partial charge is 0.375 e. The van der Waals surface area contributed by atoms with Crippen LogP contribution in [0.4, 0.5) is 0 Å². The maximum atomic E-state index is 9.27. The predicted octanol–water partition coefficient (Wildman–Crippen LogP) is 3.40. The van der Waals surface area contributed by atoms with Gasteiger partial charge in [-0.3, -0.25) is 0 Å². The van der Waals surface area contributed by atoms with Gasteiger partial charge in [0.15, 0.2) is 0 Å². The zero-order chi connectivity index (χ0) is 13.7. The molecule has 1 saturated carbocycles. The van der Waals surface area contributed by atoms with Gasteiger partial charge in [0.2, 0.25) is 0 Å². The number of ether oxygens (including phenoxy) is 1. The van der Waals surface area contributed by atoms with Crippen LogP contribution < -0.4 is 5.32 Å². The zero-order valence-corrected chi connectivity index (χ0v) is 12.5. The van der Waals surface area contributed by atoms with Gasteiger partial charge >= 0.3 is 0 Å². The molecule has 2 fully saturated rings. The van der Waals surface area contributed by atoms with Crippen molar-refractivity contribution < 1.29 is 4.74 Å². The van der Waals surface area contributed by atoms with E-state index in [9.17, 15) is 5.26 Å². The van der Waals surface area contributed by atoms with Crippen LogP contribution in [0.25, 0.3) is 0 Å². The average molecular weight is 264 g/mol. The second-order valence-electron chi connectivity index (χ2n) is 6.22. The number of nitrogens with one attached hydrogen (secondary N) is 1. The molecule has 0 bridgehead atoms. The second kappa shape index (κ2) is 6.72. The molecule has 1 aliphatic heterocycles. The Balaban J connectivity index is 1.93. The summed E-state index contributed by atoms with van der Waals surface area (Å²) in [5.41, 5.74) is 0.0761. The van der Waals surface area contributed by atoms with Crippen molar-refractivity contribution in [2.45, 2.75) is 82.9 Å². The molecule has 3 nitrogen and oxygen atoms in total. The van der Waals surface area contributed by atoms with Gasteiger partial charge in [-0.2, -0.15) is 5.26 Å². The molecule has 1 saturated heterocycles. The van der Waals surface area contributed by atoms with E-state index in [0.717, 1.165) is 38.7 Å². The number of hydrogen-bond donors (Lipinski definition) is 1. The van der Waals surface area contributed by atoms with E-state index in [2.05, 4.69) is 25.2 Å². The molecule has 2 aliphatic rings. The third-order valence-electron chi connectivity index (χ3n) is 5.16. The minimum atomic E-state index is 0.0761. The molecular weight excluding hydrogens is 236 g/mol. The summed E-state index contributed by atoms with van der Waals surface area (Å²) >= 11 is 0. The van der Waals surface area contributed by atoms with Gasteiger partial charge in [0.1, 0.15) is 0 Å². The van der Waals surface area contributed by atoms with Crippen LogP contribution in [0.2, 0.25) is 0 Å². The van der Waals surface area contributed by atoms with Crippen LogP contribution >= 0.6 is 0 Å². The highest BCUT2D eigenvalue weighted by Gasteiger charge is 2.36. The lowest BCUT2D eigenvalue weighted by Crippen LogP contribution is -2.51. The summed E-state index contributed by atoms with van der Waals surface area (Å²) in [5.74, 6) is 0.217. The molecule has 3 atom stereocenters. The van der Waals surface area contributed by atoms with Crippen molar-refractivity contribution in [3.63, 3.8) is 0 Å². The first kappa shape index (κ1) is 14.8. The fourth-order valence-electron chi connectivity index (χ4n) is 3.70. The van der Waals surface area contributed by atoms with Crippen LogP contribution in [-0.4, -0.2) is 24.3 Å². The topological polar surface area (TPSA) is 45.0 Å². The molecule has 0 aromatic rings. The Morgan fingerprint density at radius 1 is 1.21 bits per heavy atom. The van der Waals surface area contributed by atoms with E-state index >= 15 is 0 Å². The lowest BCUT2D eigenvalue weighted by molar-refractivity contribution is -0.0948. The van der Waals surface area contributed by atoms with Gasteiger partial charge in [0.25, 0.3) is 0 Å². The first-order chi connectivity index (χ1) is 9.23. The molecule has 108 valence electrons. The van der Waals surface area contributed by atoms with Crippen molar-refractivity contribution in [2.24, 2.45) is 5.92 Å². The summed E-state index contributed by atoms with van der Waals surface area (Å²) in [5, 5.41) is 13.1. The minimum absolute atomic E-state index is 0.0761. The van der Waals surface area contributed by atoms with E-state index in [4.69, 9.17) is 4.74 Å². The van der Waals surface area contributed by atoms with E-state index in [1.165, 1.54) is 19.3 Å². The molecule has 0 radical (unpaired) electrons. The highest BCUT2D eigenvalue weighted by Crippen LogP contribution is 2.33. The number of nitriles is 1. The Bertz CT molecular complexity index is 319. The van der Waals surface area contributed by atoms with E-state index < -0.39 is 0 Å². The number of rotatable bonds is 4. The Morgan fingerprint density at radius 2 is 1.95 bits per heavy atom. The molecule has 1 heterocycles. The fraction of sp³-hybridized carbons (Fsp3) is 0.938. The van der Waals surface area contributed by atoms with E-state index in [-0.39, 0.29) is 11.5 Å². The van der Waals surface area contributed by atoms with E-state index in [1.54, 1.807) is 0 Å². The summed E-state index contributed by atoms with van der Waals surface area (Å²) in [4.78, 5) is 0. The molecule has 1 aliphatic carbocycles. The SMILES string of the molecule is CCC1(CC)CC(NC2CCCCC2C#N)CCO1. The summed E-state index contributed by atoms with van der Waals surface area (Å²) in [6.07, 6.45) is 9.11. The maximum absolute atomic E-state index is 9.27. The van der Waals surface area contributed by atoms with Gasteiger partial charge in [-0.1, -0.05) is 26.7 Å². The third kappa shape index (κ3) is 3.49. The molecule has 0 aromatic heterocycles. The van der Waals surface area contributed by atoms with Gasteiger partial charge in [0.05, 0.1) is 17.6 Å². The molecule has 1 N–H and O–H groups in total. The van der Waals surface area contributed by atoms with Crippen LogP contribution in [0, 0.1) is 17.2 Å². The Kier molecular flexibility index (Phi) is 5.24. The summed E-state index contributed by atoms with van der Waals surface area (Å²) in [7, 11) is 0. The molecule has 19 heavy (non-hydrogen) atoms. The van der Waals surface area contributed by atoms with Crippen LogP contribution in [-0.2, 0) is 4.74 Å². The van der Waals surface area contributed by atoms with Gasteiger partial charge in [-0.05, 0) is 38.5 Å². The van der Waals surface area contributed by atoms with Crippen molar-refractivity contribution in [1.82, 2.24) is 5.32 Å². The monoisotopic (exact) mass is 264 g/mol. The lowest BCUT2D eigenvalue weighted by Gasteiger charge is -2.42. The van der Waals surface area contributed by atoms with Crippen molar-refractivity contribution in [1.29, 1.82) is 5.26 Å². The normalized spacial score (nSPS) is 34.7. The van der Waals surface area contributed by atoms with E-state index in [1.807, 2.05) is 0 Å². The molecular formula is C16H28N2O. The zero-order valence-electron chi connectivity index (χ0n) is 12.5. The summed E-state index contributed by atoms with van der Waals surface area (Å²) in [6, 6.07) is 3.44. The number of nitrogens with zero attached hydrogens (tertiary/aromatic N) is 1. The predicted molar refractivity (Wildman–Crippen MR) is 76.8 cm³/mol. The van der Waals surface area contributed by atoms with Crippen LogP contribution in [0.15, 0.2) is 0 Å². The first-order valence-corrected chi connectivity index (χ1v) is 8.02. The molecule has 0 spiro atoms. The second-order valence-corrected chi connectivity index (χ2v) is 6.22. The standard InChI is InChI=1S/C16H28N2O/c1-3-16(4-2)11-14(9-10-19-16)18-15-8-6-5-7-13(15)12-17/h13-15,18H,3-11H2,1-2H3. The first-order valence-electron chi connectivity index (χ1n) is 8.02. The van der Waals surface area contributed by atoms with Crippen molar-refractivity contribution >= 4 is 0 Å². The van der Waals surface area contributed by atoms with Gasteiger partial charge < -0.3 is 10.1 Å². The van der Waals surface area contributed by atoms with Crippen molar-refractivity contribution in [3.05, 3.63) is 0 Å². The van der Waals surface area contributed by atoms with Crippen LogP contribution in [0.5, 0.6) is 0 Å². The fourth-order valence-corrected chi connectivity index (χ4v) is 3.70. The van der Waals surface area contributed by atoms with E-state index in [0.29, 0.717) is 12.1 Å².